The van der Waals surface area contributed by atoms with E-state index >= 15 is 0 Å². The summed E-state index contributed by atoms with van der Waals surface area (Å²) in [5.41, 5.74) is 2.69. The molecule has 1 aromatic heterocycles. The minimum absolute atomic E-state index is 0.789. The largest absolute Gasteiger partial charge is 0.381 e. The van der Waals surface area contributed by atoms with E-state index in [-0.39, 0.29) is 0 Å². The van der Waals surface area contributed by atoms with Gasteiger partial charge in [0.15, 0.2) is 0 Å². The van der Waals surface area contributed by atoms with E-state index in [0.29, 0.717) is 0 Å². The van der Waals surface area contributed by atoms with Crippen molar-refractivity contribution in [1.29, 1.82) is 0 Å². The second-order valence-electron chi connectivity index (χ2n) is 4.99. The quantitative estimate of drug-likeness (QED) is 0.771. The Hall–Kier alpha value is -0.830. The van der Waals surface area contributed by atoms with E-state index in [1.54, 1.807) is 0 Å². The Kier molecular flexibility index (Phi) is 4.60. The first-order valence-electron chi connectivity index (χ1n) is 6.97. The zero-order valence-corrected chi connectivity index (χ0v) is 11.1. The van der Waals surface area contributed by atoms with Crippen LogP contribution in [0.1, 0.15) is 50.3 Å². The van der Waals surface area contributed by atoms with Crippen molar-refractivity contribution in [2.75, 3.05) is 13.2 Å². The Morgan fingerprint density at radius 2 is 2.24 bits per heavy atom. The summed E-state index contributed by atoms with van der Waals surface area (Å²) in [5.74, 6) is 1.97. The number of imidazole rings is 1. The molecular formula is C14H24N2O. The van der Waals surface area contributed by atoms with Gasteiger partial charge in [-0.1, -0.05) is 20.3 Å². The van der Waals surface area contributed by atoms with Gasteiger partial charge >= 0.3 is 0 Å². The number of rotatable bonds is 6. The zero-order chi connectivity index (χ0) is 12.1. The summed E-state index contributed by atoms with van der Waals surface area (Å²) in [6.45, 7) is 6.07. The molecule has 0 aliphatic heterocycles. The van der Waals surface area contributed by atoms with Gasteiger partial charge in [0, 0.05) is 18.7 Å². The van der Waals surface area contributed by atoms with Crippen LogP contribution in [0.15, 0.2) is 0 Å². The second-order valence-corrected chi connectivity index (χ2v) is 4.99. The lowest BCUT2D eigenvalue weighted by atomic mass is 9.88. The molecule has 0 radical (unpaired) electrons. The minimum Gasteiger partial charge on any atom is -0.381 e. The van der Waals surface area contributed by atoms with Gasteiger partial charge in [-0.2, -0.15) is 0 Å². The second kappa shape index (κ2) is 6.20. The van der Waals surface area contributed by atoms with E-state index < -0.39 is 0 Å². The number of aromatic amines is 1. The molecule has 1 N–H and O–H groups in total. The highest BCUT2D eigenvalue weighted by molar-refractivity contribution is 5.18. The summed E-state index contributed by atoms with van der Waals surface area (Å²) in [4.78, 5) is 8.17. The maximum absolute atomic E-state index is 5.50. The minimum atomic E-state index is 0.789. The molecule has 0 bridgehead atoms. The van der Waals surface area contributed by atoms with Gasteiger partial charge in [-0.25, -0.2) is 4.98 Å². The summed E-state index contributed by atoms with van der Waals surface area (Å²) in [6.07, 6.45) is 6.94. The predicted molar refractivity (Wildman–Crippen MR) is 69.2 cm³/mol. The number of ether oxygens (including phenoxy) is 1. The summed E-state index contributed by atoms with van der Waals surface area (Å²) in [7, 11) is 0. The molecular weight excluding hydrogens is 212 g/mol. The van der Waals surface area contributed by atoms with Crippen LogP contribution in [0.4, 0.5) is 0 Å². The smallest absolute Gasteiger partial charge is 0.108 e. The number of fused-ring (bicyclic) bond motifs is 1. The van der Waals surface area contributed by atoms with Crippen LogP contribution in [-0.2, 0) is 24.0 Å². The molecule has 1 aliphatic rings. The van der Waals surface area contributed by atoms with Crippen molar-refractivity contribution in [2.24, 2.45) is 5.92 Å². The standard InChI is InChI=1S/C14H24N2O/c1-3-8-17-9-7-14-15-12-6-5-11(4-2)10-13(12)16-14/h11H,3-10H2,1-2H3,(H,15,16). The molecule has 1 aliphatic carbocycles. The van der Waals surface area contributed by atoms with Crippen LogP contribution in [-0.4, -0.2) is 23.2 Å². The van der Waals surface area contributed by atoms with E-state index in [4.69, 9.17) is 4.74 Å². The Labute approximate surface area is 104 Å². The first-order valence-corrected chi connectivity index (χ1v) is 6.97. The topological polar surface area (TPSA) is 37.9 Å². The molecule has 1 aromatic rings. The van der Waals surface area contributed by atoms with Gasteiger partial charge in [0.05, 0.1) is 12.3 Å². The summed E-state index contributed by atoms with van der Waals surface area (Å²) in [6, 6.07) is 0. The fourth-order valence-corrected chi connectivity index (χ4v) is 2.49. The monoisotopic (exact) mass is 236 g/mol. The SMILES string of the molecule is CCCOCCc1nc2c([nH]1)CC(CC)CC2. The van der Waals surface area contributed by atoms with Crippen LogP contribution in [0.25, 0.3) is 0 Å². The van der Waals surface area contributed by atoms with Crippen molar-refractivity contribution in [2.45, 2.75) is 52.4 Å². The first kappa shape index (κ1) is 12.6. The van der Waals surface area contributed by atoms with E-state index in [1.807, 2.05) is 0 Å². The average Bonchev–Trinajstić information content (AvgIpc) is 2.76. The molecule has 2 rings (SSSR count). The first-order chi connectivity index (χ1) is 8.33. The molecule has 1 unspecified atom stereocenters. The van der Waals surface area contributed by atoms with Crippen molar-refractivity contribution in [3.63, 3.8) is 0 Å². The lowest BCUT2D eigenvalue weighted by Gasteiger charge is -2.19. The fraction of sp³-hybridized carbons (Fsp3) is 0.786. The number of hydrogen-bond donors (Lipinski definition) is 1. The maximum atomic E-state index is 5.50. The van der Waals surface area contributed by atoms with Crippen molar-refractivity contribution < 1.29 is 4.74 Å². The number of aryl methyl sites for hydroxylation is 1. The van der Waals surface area contributed by atoms with Crippen molar-refractivity contribution in [3.8, 4) is 0 Å². The lowest BCUT2D eigenvalue weighted by molar-refractivity contribution is 0.137. The van der Waals surface area contributed by atoms with Crippen LogP contribution in [0, 0.1) is 5.92 Å². The molecule has 0 fully saturated rings. The molecule has 1 atom stereocenters. The summed E-state index contributed by atoms with van der Waals surface area (Å²) < 4.78 is 5.50. The van der Waals surface area contributed by atoms with Gasteiger partial charge in [0.1, 0.15) is 5.82 Å². The van der Waals surface area contributed by atoms with Gasteiger partial charge in [-0.05, 0) is 31.6 Å². The highest BCUT2D eigenvalue weighted by atomic mass is 16.5. The lowest BCUT2D eigenvalue weighted by Crippen LogP contribution is -2.12. The van der Waals surface area contributed by atoms with Gasteiger partial charge < -0.3 is 9.72 Å². The molecule has 0 amide bonds. The Morgan fingerprint density at radius 1 is 1.35 bits per heavy atom. The third-order valence-corrected chi connectivity index (χ3v) is 3.60. The molecule has 0 spiro atoms. The number of aromatic nitrogens is 2. The molecule has 0 saturated carbocycles. The van der Waals surface area contributed by atoms with E-state index in [1.165, 1.54) is 30.7 Å². The molecule has 96 valence electrons. The van der Waals surface area contributed by atoms with Crippen molar-refractivity contribution >= 4 is 0 Å². The molecule has 1 heterocycles. The van der Waals surface area contributed by atoms with Crippen molar-refractivity contribution in [3.05, 3.63) is 17.2 Å². The third-order valence-electron chi connectivity index (χ3n) is 3.60. The van der Waals surface area contributed by atoms with Crippen LogP contribution in [0.5, 0.6) is 0 Å². The maximum Gasteiger partial charge on any atom is 0.108 e. The number of nitrogens with zero attached hydrogens (tertiary/aromatic N) is 1. The van der Waals surface area contributed by atoms with Crippen LogP contribution < -0.4 is 0 Å². The highest BCUT2D eigenvalue weighted by Gasteiger charge is 2.20. The Bertz CT molecular complexity index is 346. The van der Waals surface area contributed by atoms with Gasteiger partial charge in [-0.15, -0.1) is 0 Å². The summed E-state index contributed by atoms with van der Waals surface area (Å²) >= 11 is 0. The van der Waals surface area contributed by atoms with Crippen molar-refractivity contribution in [1.82, 2.24) is 9.97 Å². The van der Waals surface area contributed by atoms with Gasteiger partial charge in [0.25, 0.3) is 0 Å². The molecule has 0 aromatic carbocycles. The van der Waals surface area contributed by atoms with Crippen LogP contribution in [0.2, 0.25) is 0 Å². The average molecular weight is 236 g/mol. The number of nitrogens with one attached hydrogen (secondary N) is 1. The Balaban J connectivity index is 1.87. The van der Waals surface area contributed by atoms with E-state index in [2.05, 4.69) is 23.8 Å². The molecule has 0 saturated heterocycles. The van der Waals surface area contributed by atoms with E-state index in [9.17, 15) is 0 Å². The molecule has 3 heteroatoms. The van der Waals surface area contributed by atoms with Gasteiger partial charge in [0.2, 0.25) is 0 Å². The highest BCUT2D eigenvalue weighted by Crippen LogP contribution is 2.25. The Morgan fingerprint density at radius 3 is 3.00 bits per heavy atom. The molecule has 17 heavy (non-hydrogen) atoms. The van der Waals surface area contributed by atoms with Gasteiger partial charge in [-0.3, -0.25) is 0 Å². The van der Waals surface area contributed by atoms with Crippen LogP contribution in [0.3, 0.4) is 0 Å². The van der Waals surface area contributed by atoms with Crippen LogP contribution >= 0.6 is 0 Å². The fourth-order valence-electron chi connectivity index (χ4n) is 2.49. The number of H-pyrrole nitrogens is 1. The normalized spacial score (nSPS) is 19.3. The summed E-state index contributed by atoms with van der Waals surface area (Å²) in [5, 5.41) is 0. The zero-order valence-electron chi connectivity index (χ0n) is 11.1. The predicted octanol–water partition coefficient (Wildman–Crippen LogP) is 2.89. The van der Waals surface area contributed by atoms with E-state index in [0.717, 1.165) is 44.2 Å². The molecule has 3 nitrogen and oxygen atoms in total. The third kappa shape index (κ3) is 3.32. The number of hydrogen-bond acceptors (Lipinski definition) is 2.